The number of hydrogen-bond acceptors (Lipinski definition) is 4. The van der Waals surface area contributed by atoms with Crippen molar-refractivity contribution in [3.63, 3.8) is 0 Å². The number of carbonyl (C=O) groups is 2. The van der Waals surface area contributed by atoms with E-state index in [1.165, 1.54) is 29.2 Å². The summed E-state index contributed by atoms with van der Waals surface area (Å²) in [5, 5.41) is 2.72. The van der Waals surface area contributed by atoms with E-state index in [-0.39, 0.29) is 41.5 Å². The normalized spacial score (nSPS) is 17.1. The monoisotopic (exact) mass is 499 g/mol. The first-order valence-corrected chi connectivity index (χ1v) is 11.8. The number of amidine groups is 1. The minimum atomic E-state index is -0.751. The van der Waals surface area contributed by atoms with Crippen molar-refractivity contribution in [3.05, 3.63) is 95.0 Å². The van der Waals surface area contributed by atoms with Crippen molar-refractivity contribution < 1.29 is 18.4 Å². The van der Waals surface area contributed by atoms with E-state index >= 15 is 0 Å². The highest BCUT2D eigenvalue weighted by atomic mass is 35.5. The fourth-order valence-electron chi connectivity index (χ4n) is 3.39. The Morgan fingerprint density at radius 1 is 1.09 bits per heavy atom. The van der Waals surface area contributed by atoms with Crippen LogP contribution in [0.3, 0.4) is 0 Å². The Balaban J connectivity index is 1.56. The summed E-state index contributed by atoms with van der Waals surface area (Å²) in [5.74, 6) is -1.56. The number of hydrogen-bond donors (Lipinski definition) is 1. The van der Waals surface area contributed by atoms with Crippen LogP contribution in [0.4, 0.5) is 20.2 Å². The van der Waals surface area contributed by atoms with Gasteiger partial charge in [0, 0.05) is 23.7 Å². The van der Waals surface area contributed by atoms with Crippen molar-refractivity contribution in [1.82, 2.24) is 4.90 Å². The van der Waals surface area contributed by atoms with E-state index in [0.29, 0.717) is 17.1 Å². The largest absolute Gasteiger partial charge is 0.325 e. The molecule has 2 amide bonds. The number of para-hydroxylation sites is 1. The van der Waals surface area contributed by atoms with Crippen molar-refractivity contribution in [2.24, 2.45) is 4.99 Å². The minimum Gasteiger partial charge on any atom is -0.325 e. The van der Waals surface area contributed by atoms with Crippen molar-refractivity contribution >= 4 is 51.7 Å². The molecule has 4 rings (SSSR count). The van der Waals surface area contributed by atoms with Gasteiger partial charge in [-0.05, 0) is 54.4 Å². The van der Waals surface area contributed by atoms with Gasteiger partial charge in [0.05, 0.1) is 0 Å². The molecule has 1 N–H and O–H groups in total. The Labute approximate surface area is 204 Å². The Morgan fingerprint density at radius 3 is 2.59 bits per heavy atom. The first-order valence-electron chi connectivity index (χ1n) is 10.5. The van der Waals surface area contributed by atoms with Crippen molar-refractivity contribution in [1.29, 1.82) is 0 Å². The molecular formula is C25H20ClF2N3O2S. The number of benzene rings is 3. The van der Waals surface area contributed by atoms with Gasteiger partial charge < -0.3 is 5.32 Å². The first kappa shape index (κ1) is 23.9. The van der Waals surface area contributed by atoms with E-state index in [2.05, 4.69) is 10.3 Å². The molecule has 1 unspecified atom stereocenters. The van der Waals surface area contributed by atoms with E-state index in [9.17, 15) is 18.4 Å². The Kier molecular flexibility index (Phi) is 7.59. The average Bonchev–Trinajstić information content (AvgIpc) is 2.81. The van der Waals surface area contributed by atoms with Gasteiger partial charge in [-0.15, -0.1) is 0 Å². The predicted molar refractivity (Wildman–Crippen MR) is 131 cm³/mol. The number of nitrogens with zero attached hydrogens (tertiary/aromatic N) is 2. The smallest absolute Gasteiger partial charge is 0.238 e. The lowest BCUT2D eigenvalue weighted by Crippen LogP contribution is -2.46. The SMILES string of the molecule is O=C(Nc1cccc(Cl)c1)C1CC(=O)N(CCc2ccc(F)cc2)C(=Nc2ccccc2F)S1. The van der Waals surface area contributed by atoms with Gasteiger partial charge in [0.15, 0.2) is 5.17 Å². The molecular weight excluding hydrogens is 480 g/mol. The second-order valence-corrected chi connectivity index (χ2v) is 9.18. The average molecular weight is 500 g/mol. The van der Waals surface area contributed by atoms with Crippen LogP contribution in [0, 0.1) is 11.6 Å². The van der Waals surface area contributed by atoms with Crippen LogP contribution >= 0.6 is 23.4 Å². The summed E-state index contributed by atoms with van der Waals surface area (Å²) in [6.07, 6.45) is 0.402. The molecule has 1 aliphatic heterocycles. The fourth-order valence-corrected chi connectivity index (χ4v) is 4.70. The van der Waals surface area contributed by atoms with E-state index in [1.807, 2.05) is 0 Å². The van der Waals surface area contributed by atoms with Crippen molar-refractivity contribution in [2.75, 3.05) is 11.9 Å². The molecule has 1 fully saturated rings. The molecule has 1 aliphatic rings. The molecule has 5 nitrogen and oxygen atoms in total. The Hall–Kier alpha value is -3.23. The molecule has 3 aromatic rings. The molecule has 1 saturated heterocycles. The fraction of sp³-hybridized carbons (Fsp3) is 0.160. The van der Waals surface area contributed by atoms with E-state index < -0.39 is 11.1 Å². The van der Waals surface area contributed by atoms with E-state index in [4.69, 9.17) is 11.6 Å². The number of nitrogens with one attached hydrogen (secondary N) is 1. The topological polar surface area (TPSA) is 61.8 Å². The summed E-state index contributed by atoms with van der Waals surface area (Å²) in [5.41, 5.74) is 1.42. The maximum Gasteiger partial charge on any atom is 0.238 e. The number of amides is 2. The number of anilines is 1. The maximum absolute atomic E-state index is 14.3. The zero-order valence-electron chi connectivity index (χ0n) is 17.9. The molecule has 0 saturated carbocycles. The summed E-state index contributed by atoms with van der Waals surface area (Å²) >= 11 is 7.09. The molecule has 0 bridgehead atoms. The van der Waals surface area contributed by atoms with E-state index in [1.54, 1.807) is 48.5 Å². The molecule has 1 atom stereocenters. The zero-order valence-corrected chi connectivity index (χ0v) is 19.5. The molecule has 1 heterocycles. The number of rotatable bonds is 6. The number of thioether (sulfide) groups is 1. The quantitative estimate of drug-likeness (QED) is 0.465. The second-order valence-electron chi connectivity index (χ2n) is 7.58. The number of carbonyl (C=O) groups excluding carboxylic acids is 2. The first-order chi connectivity index (χ1) is 16.4. The Bertz CT molecular complexity index is 1240. The molecule has 174 valence electrons. The van der Waals surface area contributed by atoms with Gasteiger partial charge >= 0.3 is 0 Å². The van der Waals surface area contributed by atoms with Crippen LogP contribution in [0.25, 0.3) is 0 Å². The van der Waals surface area contributed by atoms with Crippen LogP contribution in [-0.4, -0.2) is 33.7 Å². The lowest BCUT2D eigenvalue weighted by Gasteiger charge is -2.32. The number of halogens is 3. The molecule has 34 heavy (non-hydrogen) atoms. The van der Waals surface area contributed by atoms with Crippen LogP contribution < -0.4 is 5.32 Å². The molecule has 3 aromatic carbocycles. The summed E-state index contributed by atoms with van der Waals surface area (Å²) in [4.78, 5) is 31.8. The highest BCUT2D eigenvalue weighted by molar-refractivity contribution is 8.15. The lowest BCUT2D eigenvalue weighted by atomic mass is 10.1. The number of aliphatic imine (C=N–C) groups is 1. The molecule has 9 heteroatoms. The van der Waals surface area contributed by atoms with Gasteiger partial charge in [0.25, 0.3) is 0 Å². The van der Waals surface area contributed by atoms with Crippen LogP contribution in [0.15, 0.2) is 77.8 Å². The van der Waals surface area contributed by atoms with Gasteiger partial charge in [-0.2, -0.15) is 0 Å². The summed E-state index contributed by atoms with van der Waals surface area (Å²) in [7, 11) is 0. The maximum atomic E-state index is 14.3. The Morgan fingerprint density at radius 2 is 1.85 bits per heavy atom. The summed E-state index contributed by atoms with van der Waals surface area (Å²) in [6.45, 7) is 0.257. The lowest BCUT2D eigenvalue weighted by molar-refractivity contribution is -0.129. The van der Waals surface area contributed by atoms with Gasteiger partial charge in [0.1, 0.15) is 22.6 Å². The van der Waals surface area contributed by atoms with Gasteiger partial charge in [0.2, 0.25) is 11.8 Å². The molecule has 0 radical (unpaired) electrons. The third-order valence-electron chi connectivity index (χ3n) is 5.13. The van der Waals surface area contributed by atoms with Crippen LogP contribution in [-0.2, 0) is 16.0 Å². The summed E-state index contributed by atoms with van der Waals surface area (Å²) < 4.78 is 27.5. The predicted octanol–water partition coefficient (Wildman–Crippen LogP) is 5.82. The van der Waals surface area contributed by atoms with Crippen LogP contribution in [0.2, 0.25) is 5.02 Å². The molecule has 0 spiro atoms. The van der Waals surface area contributed by atoms with Crippen LogP contribution in [0.1, 0.15) is 12.0 Å². The molecule has 0 aliphatic carbocycles. The van der Waals surface area contributed by atoms with Crippen LogP contribution in [0.5, 0.6) is 0 Å². The standard InChI is InChI=1S/C25H20ClF2N3O2S/c26-17-4-3-5-19(14-17)29-24(33)22-15-23(32)31(13-12-16-8-10-18(27)11-9-16)25(34-22)30-21-7-2-1-6-20(21)28/h1-11,14,22H,12-13,15H2,(H,29,33). The van der Waals surface area contributed by atoms with Crippen molar-refractivity contribution in [3.8, 4) is 0 Å². The highest BCUT2D eigenvalue weighted by Crippen LogP contribution is 2.31. The third kappa shape index (κ3) is 6.01. The third-order valence-corrected chi connectivity index (χ3v) is 6.55. The summed E-state index contributed by atoms with van der Waals surface area (Å²) in [6, 6.07) is 18.7. The minimum absolute atomic E-state index is 0.0449. The van der Waals surface area contributed by atoms with Crippen molar-refractivity contribution in [2.45, 2.75) is 18.1 Å². The van der Waals surface area contributed by atoms with Gasteiger partial charge in [-0.25, -0.2) is 13.8 Å². The van der Waals surface area contributed by atoms with Gasteiger partial charge in [-0.1, -0.05) is 53.7 Å². The van der Waals surface area contributed by atoms with Gasteiger partial charge in [-0.3, -0.25) is 14.5 Å². The second kappa shape index (κ2) is 10.8. The highest BCUT2D eigenvalue weighted by Gasteiger charge is 2.36. The zero-order chi connectivity index (χ0) is 24.1. The van der Waals surface area contributed by atoms with E-state index in [0.717, 1.165) is 17.3 Å². The molecule has 0 aromatic heterocycles.